The summed E-state index contributed by atoms with van der Waals surface area (Å²) in [6.07, 6.45) is 6.03. The lowest BCUT2D eigenvalue weighted by molar-refractivity contribution is -0.134. The number of nitrogens with one attached hydrogen (secondary N) is 3. The quantitative estimate of drug-likeness (QED) is 0.158. The Labute approximate surface area is 358 Å². The van der Waals surface area contributed by atoms with Crippen LogP contribution in [-0.2, 0) is 21.4 Å². The predicted molar refractivity (Wildman–Crippen MR) is 235 cm³/mol. The van der Waals surface area contributed by atoms with Gasteiger partial charge in [0.1, 0.15) is 10.7 Å². The van der Waals surface area contributed by atoms with Crippen LogP contribution in [0.4, 0.5) is 23.1 Å². The first kappa shape index (κ1) is 41.9. The minimum Gasteiger partial charge on any atom is -0.478 e. The SMILES string of the molecule is CNC(=O)COc1cc2cc(Nc3nc(N4CCC(CN5C(C)CN(c6cccc7c(C8CCC(=O)NC8=O)nn(C)c67)CC5C)CC4)ncc3Cl)cnc2n(C(C)C)c1=O. The maximum absolute atomic E-state index is 13.2. The lowest BCUT2D eigenvalue weighted by atomic mass is 9.92. The summed E-state index contributed by atoms with van der Waals surface area (Å²) in [6, 6.07) is 10.1. The zero-order chi connectivity index (χ0) is 43.1. The first-order chi connectivity index (χ1) is 29.3. The smallest absolute Gasteiger partial charge is 0.294 e. The Morgan fingerprint density at radius 3 is 2.48 bits per heavy atom. The molecular weight excluding hydrogens is 800 g/mol. The second-order valence-corrected chi connectivity index (χ2v) is 17.2. The fourth-order valence-corrected chi connectivity index (χ4v) is 9.28. The summed E-state index contributed by atoms with van der Waals surface area (Å²) in [7, 11) is 3.44. The highest BCUT2D eigenvalue weighted by Crippen LogP contribution is 2.37. The summed E-state index contributed by atoms with van der Waals surface area (Å²) in [5, 5.41) is 15.1. The molecule has 3 unspecified atom stereocenters. The van der Waals surface area contributed by atoms with Crippen molar-refractivity contribution in [2.75, 3.05) is 61.5 Å². The lowest BCUT2D eigenvalue weighted by Crippen LogP contribution is -2.58. The van der Waals surface area contributed by atoms with Crippen molar-refractivity contribution < 1.29 is 19.1 Å². The standard InChI is InChI=1S/C43H53ClN12O5/c1-24(2)56-40-28(17-34(42(56)60)61-23-36(58)45-5)16-29(18-46-40)48-39-32(44)19-47-43(50-39)53-14-12-27(13-15-53)22-55-25(3)20-54(21-26(55)4)33-9-7-8-30-37(51-52(6)38(30)33)31-10-11-35(57)49-41(31)59/h7-9,16-19,24-27,31H,10-15,20-23H2,1-6H3,(H,45,58)(H,47,48,50)(H,49,57,59). The molecule has 0 saturated carbocycles. The van der Waals surface area contributed by atoms with Crippen LogP contribution in [0.2, 0.25) is 5.02 Å². The van der Waals surface area contributed by atoms with E-state index in [1.54, 1.807) is 23.0 Å². The summed E-state index contributed by atoms with van der Waals surface area (Å²) >= 11 is 6.62. The van der Waals surface area contributed by atoms with Crippen LogP contribution in [0.1, 0.15) is 71.0 Å². The van der Waals surface area contributed by atoms with Gasteiger partial charge in [-0.2, -0.15) is 10.1 Å². The van der Waals surface area contributed by atoms with Crippen molar-refractivity contribution in [2.24, 2.45) is 13.0 Å². The fraction of sp³-hybridized carbons (Fsp3) is 0.488. The second-order valence-electron chi connectivity index (χ2n) is 16.8. The molecule has 4 aromatic heterocycles. The Morgan fingerprint density at radius 1 is 1.02 bits per heavy atom. The molecule has 3 aliphatic rings. The number of halogens is 1. The third kappa shape index (κ3) is 8.45. The van der Waals surface area contributed by atoms with Crippen molar-refractivity contribution >= 4 is 74.4 Å². The molecule has 0 bridgehead atoms. The van der Waals surface area contributed by atoms with Crippen LogP contribution < -0.4 is 36.0 Å². The molecule has 17 nitrogen and oxygen atoms in total. The largest absolute Gasteiger partial charge is 0.478 e. The molecule has 3 saturated heterocycles. The number of hydrogen-bond acceptors (Lipinski definition) is 13. The highest BCUT2D eigenvalue weighted by atomic mass is 35.5. The molecule has 0 aliphatic carbocycles. The van der Waals surface area contributed by atoms with Gasteiger partial charge in [-0.05, 0) is 71.1 Å². The van der Waals surface area contributed by atoms with E-state index >= 15 is 0 Å². The van der Waals surface area contributed by atoms with Crippen molar-refractivity contribution in [3.8, 4) is 5.75 Å². The van der Waals surface area contributed by atoms with Crippen LogP contribution in [0, 0.1) is 5.92 Å². The maximum atomic E-state index is 13.2. The fourth-order valence-electron chi connectivity index (χ4n) is 9.14. The number of fused-ring (bicyclic) bond motifs is 2. The van der Waals surface area contributed by atoms with Gasteiger partial charge in [0.15, 0.2) is 18.2 Å². The predicted octanol–water partition coefficient (Wildman–Crippen LogP) is 4.51. The number of benzene rings is 1. The molecule has 0 spiro atoms. The summed E-state index contributed by atoms with van der Waals surface area (Å²) in [4.78, 5) is 71.0. The van der Waals surface area contributed by atoms with Gasteiger partial charge in [0.05, 0.1) is 40.9 Å². The average Bonchev–Trinajstić information content (AvgIpc) is 3.57. The molecule has 0 radical (unpaired) electrons. The number of para-hydroxylation sites is 1. The number of rotatable bonds is 11. The van der Waals surface area contributed by atoms with E-state index < -0.39 is 5.92 Å². The van der Waals surface area contributed by atoms with Crippen LogP contribution in [-0.4, -0.2) is 110 Å². The topological polar surface area (TPSA) is 185 Å². The molecule has 1 aromatic carbocycles. The molecule has 61 heavy (non-hydrogen) atoms. The van der Waals surface area contributed by atoms with Gasteiger partial charge in [-0.25, -0.2) is 9.97 Å². The zero-order valence-electron chi connectivity index (χ0n) is 35.4. The van der Waals surface area contributed by atoms with Crippen LogP contribution in [0.25, 0.3) is 21.9 Å². The van der Waals surface area contributed by atoms with E-state index in [0.29, 0.717) is 64.4 Å². The van der Waals surface area contributed by atoms with Gasteiger partial charge in [-0.15, -0.1) is 0 Å². The van der Waals surface area contributed by atoms with E-state index in [0.717, 1.165) is 67.8 Å². The van der Waals surface area contributed by atoms with Gasteiger partial charge >= 0.3 is 0 Å². The molecule has 18 heteroatoms. The maximum Gasteiger partial charge on any atom is 0.294 e. The number of piperazine rings is 1. The Kier molecular flexibility index (Phi) is 11.9. The van der Waals surface area contributed by atoms with Crippen molar-refractivity contribution in [3.05, 3.63) is 63.8 Å². The van der Waals surface area contributed by atoms with Gasteiger partial charge in [0.25, 0.3) is 11.5 Å². The third-order valence-electron chi connectivity index (χ3n) is 12.2. The molecule has 7 heterocycles. The Bertz CT molecular complexity index is 2540. The highest BCUT2D eigenvalue weighted by molar-refractivity contribution is 6.33. The Hall–Kier alpha value is -5.81. The van der Waals surface area contributed by atoms with Crippen LogP contribution in [0.3, 0.4) is 0 Å². The molecular formula is C43H53ClN12O5. The van der Waals surface area contributed by atoms with Gasteiger partial charge < -0.3 is 25.2 Å². The van der Waals surface area contributed by atoms with Crippen LogP contribution in [0.5, 0.6) is 5.75 Å². The summed E-state index contributed by atoms with van der Waals surface area (Å²) in [6.45, 7) is 12.5. The number of piperidine rings is 2. The Morgan fingerprint density at radius 2 is 1.77 bits per heavy atom. The van der Waals surface area contributed by atoms with Gasteiger partial charge in [0, 0.05) is 82.1 Å². The summed E-state index contributed by atoms with van der Waals surface area (Å²) in [5.41, 5.74) is 3.60. The number of anilines is 4. The minimum absolute atomic E-state index is 0.0581. The minimum atomic E-state index is -0.441. The number of aromatic nitrogens is 6. The van der Waals surface area contributed by atoms with E-state index in [1.165, 1.54) is 7.05 Å². The molecule has 3 N–H and O–H groups in total. The Balaban J connectivity index is 0.907. The van der Waals surface area contributed by atoms with Crippen molar-refractivity contribution in [3.63, 3.8) is 0 Å². The normalized spacial score (nSPS) is 20.4. The third-order valence-corrected chi connectivity index (χ3v) is 12.5. The van der Waals surface area contributed by atoms with E-state index in [4.69, 9.17) is 26.4 Å². The van der Waals surface area contributed by atoms with Gasteiger partial charge in [0.2, 0.25) is 17.8 Å². The van der Waals surface area contributed by atoms with Crippen LogP contribution in [0.15, 0.2) is 47.5 Å². The van der Waals surface area contributed by atoms with Crippen molar-refractivity contribution in [2.45, 2.75) is 77.4 Å². The number of amides is 3. The van der Waals surface area contributed by atoms with E-state index in [2.05, 4.69) is 60.5 Å². The number of likely N-dealkylation sites (N-methyl/N-ethyl adjacent to an activating group) is 1. The molecule has 3 fully saturated rings. The van der Waals surface area contributed by atoms with E-state index in [9.17, 15) is 19.2 Å². The summed E-state index contributed by atoms with van der Waals surface area (Å²) in [5.74, 6) is 0.332. The first-order valence-corrected chi connectivity index (χ1v) is 21.4. The van der Waals surface area contributed by atoms with Gasteiger partial charge in [-0.3, -0.25) is 38.6 Å². The second kappa shape index (κ2) is 17.3. The molecule has 322 valence electrons. The van der Waals surface area contributed by atoms with Crippen molar-refractivity contribution in [1.29, 1.82) is 0 Å². The van der Waals surface area contributed by atoms with E-state index in [-0.39, 0.29) is 41.7 Å². The number of imide groups is 1. The number of aryl methyl sites for hydroxylation is 1. The monoisotopic (exact) mass is 852 g/mol. The molecule has 3 atom stereocenters. The zero-order valence-corrected chi connectivity index (χ0v) is 36.2. The number of nitrogens with zero attached hydrogens (tertiary/aromatic N) is 9. The highest BCUT2D eigenvalue weighted by Gasteiger charge is 2.35. The lowest BCUT2D eigenvalue weighted by Gasteiger charge is -2.47. The number of carbonyl (C=O) groups excluding carboxylic acids is 3. The molecule has 5 aromatic rings. The number of carbonyl (C=O) groups is 3. The van der Waals surface area contributed by atoms with Gasteiger partial charge in [-0.1, -0.05) is 23.7 Å². The molecule has 3 amide bonds. The molecule has 3 aliphatic heterocycles. The number of hydrogen-bond donors (Lipinski definition) is 3. The summed E-state index contributed by atoms with van der Waals surface area (Å²) < 4.78 is 9.04. The average molecular weight is 853 g/mol. The first-order valence-electron chi connectivity index (χ1n) is 21.0. The number of ether oxygens (including phenoxy) is 1. The van der Waals surface area contributed by atoms with Crippen LogP contribution >= 0.6 is 11.6 Å². The van der Waals surface area contributed by atoms with Crippen molar-refractivity contribution in [1.82, 2.24) is 44.8 Å². The molecule has 8 rings (SSSR count). The van der Waals surface area contributed by atoms with E-state index in [1.807, 2.05) is 43.8 Å². The number of pyridine rings is 2.